The Labute approximate surface area is 103 Å². The summed E-state index contributed by atoms with van der Waals surface area (Å²) in [6, 6.07) is 5.68. The van der Waals surface area contributed by atoms with Crippen LogP contribution < -0.4 is 11.1 Å². The zero-order valence-electron chi connectivity index (χ0n) is 10.2. The van der Waals surface area contributed by atoms with Gasteiger partial charge in [-0.15, -0.1) is 0 Å². The average Bonchev–Trinajstić information content (AvgIpc) is 2.84. The van der Waals surface area contributed by atoms with Crippen LogP contribution in [0.2, 0.25) is 0 Å². The first-order valence-electron chi connectivity index (χ1n) is 6.12. The highest BCUT2D eigenvalue weighted by molar-refractivity contribution is 5.71. The van der Waals surface area contributed by atoms with Gasteiger partial charge in [0, 0.05) is 18.8 Å². The van der Waals surface area contributed by atoms with E-state index in [1.54, 1.807) is 0 Å². The molecule has 4 heteroatoms. The number of benzene rings is 1. The Balaban J connectivity index is 1.87. The standard InChI is InChI=1S/C13H20N4/c1-15-13-10-11(14)4-5-12(13)16-6-9-17-7-2-3-8-17/h4-5,10,16H,1-3,6-9,14H2. The number of hydrogen-bond acceptors (Lipinski definition) is 4. The molecule has 3 N–H and O–H groups in total. The molecule has 1 heterocycles. The van der Waals surface area contributed by atoms with E-state index < -0.39 is 0 Å². The summed E-state index contributed by atoms with van der Waals surface area (Å²) in [7, 11) is 0. The van der Waals surface area contributed by atoms with Crippen molar-refractivity contribution in [1.82, 2.24) is 4.90 Å². The zero-order valence-corrected chi connectivity index (χ0v) is 10.2. The van der Waals surface area contributed by atoms with E-state index in [1.165, 1.54) is 25.9 Å². The van der Waals surface area contributed by atoms with E-state index in [1.807, 2.05) is 18.2 Å². The fourth-order valence-electron chi connectivity index (χ4n) is 2.18. The van der Waals surface area contributed by atoms with Crippen molar-refractivity contribution >= 4 is 23.8 Å². The molecular formula is C13H20N4. The van der Waals surface area contributed by atoms with Gasteiger partial charge in [0.05, 0.1) is 11.4 Å². The Bertz CT molecular complexity index is 383. The molecule has 1 aliphatic heterocycles. The largest absolute Gasteiger partial charge is 0.399 e. The summed E-state index contributed by atoms with van der Waals surface area (Å²) in [5.74, 6) is 0. The van der Waals surface area contributed by atoms with Crippen LogP contribution in [-0.4, -0.2) is 37.8 Å². The van der Waals surface area contributed by atoms with Gasteiger partial charge >= 0.3 is 0 Å². The van der Waals surface area contributed by atoms with Gasteiger partial charge in [-0.2, -0.15) is 0 Å². The van der Waals surface area contributed by atoms with E-state index in [4.69, 9.17) is 5.73 Å². The Hall–Kier alpha value is -1.55. The summed E-state index contributed by atoms with van der Waals surface area (Å²) in [6.45, 7) is 8.05. The molecule has 0 amide bonds. The normalized spacial score (nSPS) is 16.0. The summed E-state index contributed by atoms with van der Waals surface area (Å²) in [6.07, 6.45) is 2.67. The molecule has 0 bridgehead atoms. The van der Waals surface area contributed by atoms with Gasteiger partial charge < -0.3 is 16.0 Å². The van der Waals surface area contributed by atoms with Crippen molar-refractivity contribution in [3.63, 3.8) is 0 Å². The maximum absolute atomic E-state index is 5.71. The van der Waals surface area contributed by atoms with E-state index in [9.17, 15) is 0 Å². The van der Waals surface area contributed by atoms with Gasteiger partial charge in [-0.05, 0) is 50.8 Å². The maximum atomic E-state index is 5.71. The van der Waals surface area contributed by atoms with Crippen LogP contribution in [0.25, 0.3) is 0 Å². The highest BCUT2D eigenvalue weighted by Crippen LogP contribution is 2.26. The molecule has 0 unspecified atom stereocenters. The lowest BCUT2D eigenvalue weighted by molar-refractivity contribution is 0.353. The third kappa shape index (κ3) is 3.20. The van der Waals surface area contributed by atoms with E-state index in [-0.39, 0.29) is 0 Å². The minimum Gasteiger partial charge on any atom is -0.399 e. The van der Waals surface area contributed by atoms with Crippen molar-refractivity contribution in [1.29, 1.82) is 0 Å². The molecule has 0 saturated carbocycles. The molecule has 1 aromatic carbocycles. The third-order valence-electron chi connectivity index (χ3n) is 3.13. The number of likely N-dealkylation sites (tertiary alicyclic amines) is 1. The Kier molecular flexibility index (Phi) is 3.98. The van der Waals surface area contributed by atoms with Crippen molar-refractivity contribution in [2.45, 2.75) is 12.8 Å². The van der Waals surface area contributed by atoms with Gasteiger partial charge in [-0.3, -0.25) is 4.99 Å². The Morgan fingerprint density at radius 1 is 1.35 bits per heavy atom. The summed E-state index contributed by atoms with van der Waals surface area (Å²) >= 11 is 0. The molecule has 0 radical (unpaired) electrons. The molecule has 92 valence electrons. The van der Waals surface area contributed by atoms with Gasteiger partial charge in [0.25, 0.3) is 0 Å². The molecule has 1 fully saturated rings. The van der Waals surface area contributed by atoms with Crippen LogP contribution >= 0.6 is 0 Å². The minimum absolute atomic E-state index is 0.720. The number of nitrogens with one attached hydrogen (secondary N) is 1. The van der Waals surface area contributed by atoms with Gasteiger partial charge in [-0.1, -0.05) is 0 Å². The molecule has 4 nitrogen and oxygen atoms in total. The summed E-state index contributed by atoms with van der Waals surface area (Å²) < 4.78 is 0. The van der Waals surface area contributed by atoms with Crippen molar-refractivity contribution < 1.29 is 0 Å². The number of nitrogens with zero attached hydrogens (tertiary/aromatic N) is 2. The van der Waals surface area contributed by atoms with Crippen LogP contribution in [0.4, 0.5) is 17.1 Å². The number of aliphatic imine (C=N–C) groups is 1. The number of hydrogen-bond donors (Lipinski definition) is 2. The second-order valence-corrected chi connectivity index (χ2v) is 4.41. The summed E-state index contributed by atoms with van der Waals surface area (Å²) in [4.78, 5) is 6.45. The third-order valence-corrected chi connectivity index (χ3v) is 3.13. The second kappa shape index (κ2) is 5.68. The second-order valence-electron chi connectivity index (χ2n) is 4.41. The number of nitrogen functional groups attached to an aromatic ring is 1. The molecule has 0 aliphatic carbocycles. The lowest BCUT2D eigenvalue weighted by Crippen LogP contribution is -2.25. The molecule has 0 atom stereocenters. The number of anilines is 2. The number of nitrogens with two attached hydrogens (primary N) is 1. The smallest absolute Gasteiger partial charge is 0.0874 e. The Morgan fingerprint density at radius 3 is 2.82 bits per heavy atom. The van der Waals surface area contributed by atoms with Crippen molar-refractivity contribution in [2.24, 2.45) is 4.99 Å². The van der Waals surface area contributed by atoms with E-state index in [0.717, 1.165) is 30.2 Å². The number of rotatable bonds is 5. The first kappa shape index (κ1) is 11.9. The van der Waals surface area contributed by atoms with Gasteiger partial charge in [0.1, 0.15) is 0 Å². The molecule has 17 heavy (non-hydrogen) atoms. The molecule has 0 spiro atoms. The van der Waals surface area contributed by atoms with Crippen LogP contribution in [0.5, 0.6) is 0 Å². The van der Waals surface area contributed by atoms with Crippen molar-refractivity contribution in [3.8, 4) is 0 Å². The van der Waals surface area contributed by atoms with Crippen LogP contribution in [0, 0.1) is 0 Å². The molecule has 1 saturated heterocycles. The summed E-state index contributed by atoms with van der Waals surface area (Å²) in [5, 5.41) is 3.39. The topological polar surface area (TPSA) is 53.6 Å². The fraction of sp³-hybridized carbons (Fsp3) is 0.462. The Morgan fingerprint density at radius 2 is 2.12 bits per heavy atom. The van der Waals surface area contributed by atoms with E-state index in [0.29, 0.717) is 0 Å². The van der Waals surface area contributed by atoms with Gasteiger partial charge in [0.2, 0.25) is 0 Å². The van der Waals surface area contributed by atoms with E-state index >= 15 is 0 Å². The van der Waals surface area contributed by atoms with E-state index in [2.05, 4.69) is 21.9 Å². The lowest BCUT2D eigenvalue weighted by atomic mass is 10.2. The quantitative estimate of drug-likeness (QED) is 0.604. The van der Waals surface area contributed by atoms with Crippen LogP contribution in [-0.2, 0) is 0 Å². The van der Waals surface area contributed by atoms with Crippen molar-refractivity contribution in [2.75, 3.05) is 37.2 Å². The fourth-order valence-corrected chi connectivity index (χ4v) is 2.18. The predicted molar refractivity (Wildman–Crippen MR) is 74.2 cm³/mol. The summed E-state index contributed by atoms with van der Waals surface area (Å²) in [5.41, 5.74) is 8.26. The highest BCUT2D eigenvalue weighted by Gasteiger charge is 2.10. The average molecular weight is 232 g/mol. The highest BCUT2D eigenvalue weighted by atomic mass is 15.1. The molecule has 1 aliphatic rings. The molecule has 2 rings (SSSR count). The SMILES string of the molecule is C=Nc1cc(N)ccc1NCCN1CCCC1. The zero-order chi connectivity index (χ0) is 12.1. The first-order chi connectivity index (χ1) is 8.29. The van der Waals surface area contributed by atoms with Crippen LogP contribution in [0.15, 0.2) is 23.2 Å². The first-order valence-corrected chi connectivity index (χ1v) is 6.12. The monoisotopic (exact) mass is 232 g/mol. The van der Waals surface area contributed by atoms with Crippen molar-refractivity contribution in [3.05, 3.63) is 18.2 Å². The predicted octanol–water partition coefficient (Wildman–Crippen LogP) is 2.11. The van der Waals surface area contributed by atoms with Gasteiger partial charge in [-0.25, -0.2) is 0 Å². The maximum Gasteiger partial charge on any atom is 0.0874 e. The minimum atomic E-state index is 0.720. The lowest BCUT2D eigenvalue weighted by Gasteiger charge is -2.16. The molecular weight excluding hydrogens is 212 g/mol. The van der Waals surface area contributed by atoms with Gasteiger partial charge in [0.15, 0.2) is 0 Å². The molecule has 0 aromatic heterocycles. The van der Waals surface area contributed by atoms with Crippen LogP contribution in [0.1, 0.15) is 12.8 Å². The van der Waals surface area contributed by atoms with Crippen LogP contribution in [0.3, 0.4) is 0 Å². The molecule has 1 aromatic rings.